The Kier molecular flexibility index (Phi) is 49.4. The average molecular weight is 1840 g/mol. The van der Waals surface area contributed by atoms with Crippen molar-refractivity contribution in [2.45, 2.75) is 435 Å². The quantitative estimate of drug-likeness (QED) is 0.0205. The number of carboxylic acid groups (broad SMARTS) is 2. The van der Waals surface area contributed by atoms with Crippen LogP contribution in [0.3, 0.4) is 0 Å². The number of ether oxygens (including phenoxy) is 12. The van der Waals surface area contributed by atoms with Crippen molar-refractivity contribution in [2.24, 2.45) is 0 Å². The number of aliphatic hydroxyl groups is 19. The maximum absolute atomic E-state index is 14.4. The lowest BCUT2D eigenvalue weighted by Gasteiger charge is -2.53. The Morgan fingerprint density at radius 3 is 1.32 bits per heavy atom. The first-order chi connectivity index (χ1) is 60.6. The van der Waals surface area contributed by atoms with Crippen LogP contribution in [0.4, 0.5) is 0 Å². The molecule has 6 aliphatic rings. The molecule has 0 bridgehead atoms. The lowest BCUT2D eigenvalue weighted by Crippen LogP contribution is -2.73. The fourth-order valence-corrected chi connectivity index (χ4v) is 16.9. The predicted molar refractivity (Wildman–Crippen MR) is 440 cm³/mol. The number of allylic oxidation sites excluding steroid dienone is 1. The van der Waals surface area contributed by atoms with Crippen molar-refractivity contribution in [3.63, 3.8) is 0 Å². The highest BCUT2D eigenvalue weighted by Crippen LogP contribution is 2.43. The van der Waals surface area contributed by atoms with Gasteiger partial charge >= 0.3 is 11.9 Å². The van der Waals surface area contributed by atoms with Gasteiger partial charge in [-0.15, -0.1) is 0 Å². The first-order valence-corrected chi connectivity index (χ1v) is 45.2. The van der Waals surface area contributed by atoms with Gasteiger partial charge in [-0.1, -0.05) is 180 Å². The SMILES string of the molecule is CCCCCCCCCCCCCC=CC(O)C(COC1OC(CO)C(OC2OC(CO)C(OC3OC(CO)C(O)C(OC4OC(CO)C(O)C(O)C4O)C3NC(C)=O)C(OC3(C(=O)O)CC(O)C(NC(C)=O)C(C(O)C(CO)OC4(C(=O)O)CC(O)C(NC(C)=O)C(C(O)C(O)CO)O4)O3)C2O)C(O)C1O)NC(=O)CCCCCCCCCCCCCCCCC. The predicted octanol–water partition coefficient (Wildman–Crippen LogP) is -3.87. The van der Waals surface area contributed by atoms with Gasteiger partial charge in [0.05, 0.1) is 82.7 Å². The number of carbonyl (C=O) groups excluding carboxylic acids is 4. The molecular formula is C84H148N4O39. The van der Waals surface area contributed by atoms with Gasteiger partial charge in [0.15, 0.2) is 25.2 Å². The molecule has 6 saturated heterocycles. The number of hydrogen-bond acceptors (Lipinski definition) is 37. The van der Waals surface area contributed by atoms with Crippen LogP contribution in [0.5, 0.6) is 0 Å². The summed E-state index contributed by atoms with van der Waals surface area (Å²) in [6, 6.07) is -7.14. The summed E-state index contributed by atoms with van der Waals surface area (Å²) in [6.07, 6.45) is -32.1. The van der Waals surface area contributed by atoms with Crippen LogP contribution in [0.2, 0.25) is 0 Å². The summed E-state index contributed by atoms with van der Waals surface area (Å²) >= 11 is 0. The third-order valence-electron chi connectivity index (χ3n) is 24.1. The van der Waals surface area contributed by atoms with E-state index in [1.165, 1.54) is 102 Å². The van der Waals surface area contributed by atoms with Crippen molar-refractivity contribution in [3.05, 3.63) is 12.2 Å². The van der Waals surface area contributed by atoms with Gasteiger partial charge in [-0.05, 0) is 19.3 Å². The molecule has 0 aromatic heterocycles. The molecule has 43 heteroatoms. The molecule has 0 aliphatic carbocycles. The van der Waals surface area contributed by atoms with Crippen LogP contribution in [-0.2, 0) is 85.6 Å². The van der Waals surface area contributed by atoms with Crippen molar-refractivity contribution >= 4 is 35.6 Å². The molecule has 34 atom stereocenters. The second kappa shape index (κ2) is 56.5. The minimum atomic E-state index is -3.69. The van der Waals surface area contributed by atoms with Crippen LogP contribution in [0.25, 0.3) is 0 Å². The highest BCUT2D eigenvalue weighted by atomic mass is 16.8. The van der Waals surface area contributed by atoms with Gasteiger partial charge in [0.1, 0.15) is 134 Å². The molecule has 0 saturated carbocycles. The molecule has 0 radical (unpaired) electrons. The monoisotopic (exact) mass is 1840 g/mol. The Labute approximate surface area is 740 Å². The Balaban J connectivity index is 1.33. The average Bonchev–Trinajstić information content (AvgIpc) is 0.742. The van der Waals surface area contributed by atoms with E-state index in [1.807, 2.05) is 0 Å². The largest absolute Gasteiger partial charge is 0.477 e. The van der Waals surface area contributed by atoms with E-state index < -0.39 is 302 Å². The minimum Gasteiger partial charge on any atom is -0.477 e. The normalized spacial score (nSPS) is 35.1. The first kappa shape index (κ1) is 111. The third kappa shape index (κ3) is 32.6. The van der Waals surface area contributed by atoms with Gasteiger partial charge in [0.2, 0.25) is 23.6 Å². The van der Waals surface area contributed by atoms with Gasteiger partial charge in [-0.2, -0.15) is 0 Å². The summed E-state index contributed by atoms with van der Waals surface area (Å²) in [7, 11) is 0. The van der Waals surface area contributed by atoms with Crippen molar-refractivity contribution in [1.29, 1.82) is 0 Å². The molecule has 34 unspecified atom stereocenters. The minimum absolute atomic E-state index is 0.0856. The van der Waals surface area contributed by atoms with Gasteiger partial charge in [-0.3, -0.25) is 19.2 Å². The highest BCUT2D eigenvalue weighted by molar-refractivity contribution is 5.78. The molecule has 25 N–H and O–H groups in total. The van der Waals surface area contributed by atoms with E-state index in [9.17, 15) is 136 Å². The Morgan fingerprint density at radius 2 is 0.835 bits per heavy atom. The van der Waals surface area contributed by atoms with Crippen molar-refractivity contribution in [2.75, 3.05) is 46.2 Å². The molecule has 43 nitrogen and oxygen atoms in total. The van der Waals surface area contributed by atoms with Crippen LogP contribution in [0.15, 0.2) is 12.2 Å². The van der Waals surface area contributed by atoms with Gasteiger partial charge in [0, 0.05) is 40.0 Å². The number of carbonyl (C=O) groups is 6. The molecule has 4 amide bonds. The van der Waals surface area contributed by atoms with E-state index in [-0.39, 0.29) is 6.42 Å². The molecule has 738 valence electrons. The second-order valence-electron chi connectivity index (χ2n) is 34.2. The number of aliphatic hydroxyl groups excluding tert-OH is 19. The van der Waals surface area contributed by atoms with Crippen LogP contribution in [0.1, 0.15) is 227 Å². The number of rotatable bonds is 59. The molecule has 0 aromatic rings. The lowest BCUT2D eigenvalue weighted by molar-refractivity contribution is -0.404. The Morgan fingerprint density at radius 1 is 0.425 bits per heavy atom. The first-order valence-electron chi connectivity index (χ1n) is 45.2. The van der Waals surface area contributed by atoms with Crippen molar-refractivity contribution in [1.82, 2.24) is 21.3 Å². The summed E-state index contributed by atoms with van der Waals surface area (Å²) in [4.78, 5) is 80.3. The van der Waals surface area contributed by atoms with Gasteiger partial charge in [0.25, 0.3) is 11.6 Å². The topological polar surface area (TPSA) is 686 Å². The summed E-state index contributed by atoms with van der Waals surface area (Å²) in [5.74, 6) is -15.0. The fraction of sp³-hybridized carbons (Fsp3) is 0.905. The van der Waals surface area contributed by atoms with Gasteiger partial charge < -0.3 is 185 Å². The molecule has 6 fully saturated rings. The van der Waals surface area contributed by atoms with E-state index in [1.54, 1.807) is 6.08 Å². The Hall–Kier alpha value is -4.68. The van der Waals surface area contributed by atoms with Crippen LogP contribution >= 0.6 is 0 Å². The number of nitrogens with one attached hydrogen (secondary N) is 4. The zero-order valence-electron chi connectivity index (χ0n) is 73.5. The standard InChI is InChI=1S/C84H148N4O39/c1-6-8-10-12-14-16-18-20-21-23-25-27-29-31-33-35-58(102)88-48(49(98)34-32-30-28-26-24-22-19-17-15-13-11-9-7-2)44-116-78-69(110)67(108)71(56(42-93)119-78)121-80-70(111)76(72(57(43-94)120-80)122-77-61(87-47(5)97)73(64(105)54(40-91)117-77)123-79-68(109)66(107)63(104)53(39-90)118-79)127-84(82(114)115)37-51(100)60(86-46(4)96)75(126-84)65(106)55(41-92)124-83(81(112)113)36-50(99)59(85-45(3)95)74(125-83)62(103)52(101)38-89/h32,34,48-57,59-80,89-94,98-101,103-111H,6-31,33,35-44H2,1-5H3,(H,85,95)(H,86,96)(H,87,97)(H,88,102)(H,112,113)(H,114,115). The molecular weight excluding hydrogens is 1690 g/mol. The Bertz CT molecular complexity index is 3200. The summed E-state index contributed by atoms with van der Waals surface area (Å²) in [5, 5.41) is 247. The van der Waals surface area contributed by atoms with Crippen LogP contribution < -0.4 is 21.3 Å². The van der Waals surface area contributed by atoms with Crippen molar-refractivity contribution in [3.8, 4) is 0 Å². The second-order valence-corrected chi connectivity index (χ2v) is 34.2. The smallest absolute Gasteiger partial charge is 0.364 e. The zero-order valence-corrected chi connectivity index (χ0v) is 73.5. The number of carboxylic acids is 2. The van der Waals surface area contributed by atoms with E-state index >= 15 is 0 Å². The van der Waals surface area contributed by atoms with E-state index in [4.69, 9.17) is 56.8 Å². The van der Waals surface area contributed by atoms with Crippen molar-refractivity contribution < 1.29 is 193 Å². The lowest BCUT2D eigenvalue weighted by atomic mass is 9.87. The summed E-state index contributed by atoms with van der Waals surface area (Å²) < 4.78 is 72.2. The third-order valence-corrected chi connectivity index (χ3v) is 24.1. The molecule has 0 aromatic carbocycles. The zero-order chi connectivity index (χ0) is 93.8. The molecule has 6 aliphatic heterocycles. The van der Waals surface area contributed by atoms with Crippen LogP contribution in [-0.4, -0.2) is 396 Å². The number of aliphatic carboxylic acids is 2. The van der Waals surface area contributed by atoms with E-state index in [2.05, 4.69) is 35.1 Å². The fourth-order valence-electron chi connectivity index (χ4n) is 16.9. The maximum atomic E-state index is 14.4. The molecule has 6 rings (SSSR count). The number of amides is 4. The number of hydrogen-bond donors (Lipinski definition) is 25. The van der Waals surface area contributed by atoms with Gasteiger partial charge in [-0.25, -0.2) is 9.59 Å². The highest BCUT2D eigenvalue weighted by Gasteiger charge is 2.64. The van der Waals surface area contributed by atoms with Crippen LogP contribution in [0, 0.1) is 0 Å². The van der Waals surface area contributed by atoms with E-state index in [0.29, 0.717) is 12.8 Å². The molecule has 6 heterocycles. The number of unbranched alkanes of at least 4 members (excludes halogenated alkanes) is 25. The molecule has 127 heavy (non-hydrogen) atoms. The summed E-state index contributed by atoms with van der Waals surface area (Å²) in [5.41, 5.74) is 0. The summed E-state index contributed by atoms with van der Waals surface area (Å²) in [6.45, 7) is -0.998. The molecule has 0 spiro atoms. The maximum Gasteiger partial charge on any atom is 0.364 e. The van der Waals surface area contributed by atoms with E-state index in [0.717, 1.165) is 85.0 Å².